The van der Waals surface area contributed by atoms with Crippen LogP contribution < -0.4 is 20.1 Å². The number of rotatable bonds is 4. The predicted octanol–water partition coefficient (Wildman–Crippen LogP) is 3.82. The molecule has 0 unspecified atom stereocenters. The highest BCUT2D eigenvalue weighted by molar-refractivity contribution is 6.03. The van der Waals surface area contributed by atoms with Gasteiger partial charge >= 0.3 is 0 Å². The van der Waals surface area contributed by atoms with E-state index in [1.54, 1.807) is 30.3 Å². The van der Waals surface area contributed by atoms with Gasteiger partial charge in [0.1, 0.15) is 0 Å². The number of aromatic nitrogens is 2. The highest BCUT2D eigenvalue weighted by Gasteiger charge is 2.15. The molecular weight excluding hydrogens is 344 g/mol. The lowest BCUT2D eigenvalue weighted by Gasteiger charge is -2.10. The Morgan fingerprint density at radius 2 is 1.81 bits per heavy atom. The van der Waals surface area contributed by atoms with Gasteiger partial charge in [-0.25, -0.2) is 0 Å². The number of hydrogen-bond donors (Lipinski definition) is 2. The third kappa shape index (κ3) is 3.67. The predicted molar refractivity (Wildman–Crippen MR) is 102 cm³/mol. The molecule has 1 aliphatic rings. The number of nitrogens with one attached hydrogen (secondary N) is 2. The van der Waals surface area contributed by atoms with Crippen LogP contribution in [0.1, 0.15) is 21.6 Å². The van der Waals surface area contributed by atoms with Gasteiger partial charge < -0.3 is 20.1 Å². The largest absolute Gasteiger partial charge is 0.454 e. The lowest BCUT2D eigenvalue weighted by Crippen LogP contribution is -2.14. The molecule has 0 radical (unpaired) electrons. The minimum Gasteiger partial charge on any atom is -0.454 e. The van der Waals surface area contributed by atoms with E-state index in [1.165, 1.54) is 0 Å². The van der Waals surface area contributed by atoms with Crippen molar-refractivity contribution in [3.8, 4) is 11.5 Å². The van der Waals surface area contributed by atoms with Crippen LogP contribution in [-0.2, 0) is 0 Å². The number of nitrogens with zero attached hydrogens (tertiary/aromatic N) is 2. The number of hydrogen-bond acceptors (Lipinski definition) is 6. The van der Waals surface area contributed by atoms with Gasteiger partial charge in [0.15, 0.2) is 23.0 Å². The molecule has 0 saturated heterocycles. The van der Waals surface area contributed by atoms with E-state index in [1.807, 2.05) is 26.0 Å². The zero-order valence-electron chi connectivity index (χ0n) is 14.9. The van der Waals surface area contributed by atoms with Crippen molar-refractivity contribution in [2.45, 2.75) is 13.8 Å². The monoisotopic (exact) mass is 362 g/mol. The number of fused-ring (bicyclic) bond motifs is 1. The Morgan fingerprint density at radius 1 is 0.963 bits per heavy atom. The van der Waals surface area contributed by atoms with Crippen LogP contribution >= 0.6 is 0 Å². The first kappa shape index (κ1) is 16.8. The first-order valence-electron chi connectivity index (χ1n) is 8.47. The zero-order chi connectivity index (χ0) is 18.8. The van der Waals surface area contributed by atoms with E-state index in [-0.39, 0.29) is 18.4 Å². The maximum Gasteiger partial charge on any atom is 0.276 e. The molecular formula is C20H18N4O3. The summed E-state index contributed by atoms with van der Waals surface area (Å²) in [5.41, 5.74) is 4.03. The molecule has 0 saturated carbocycles. The normalized spacial score (nSPS) is 11.9. The van der Waals surface area contributed by atoms with Crippen LogP contribution in [0.5, 0.6) is 11.5 Å². The fourth-order valence-corrected chi connectivity index (χ4v) is 2.70. The molecule has 0 atom stereocenters. The van der Waals surface area contributed by atoms with Crippen LogP contribution in [0, 0.1) is 13.8 Å². The number of benzene rings is 2. The summed E-state index contributed by atoms with van der Waals surface area (Å²) in [4.78, 5) is 12.4. The molecule has 7 nitrogen and oxygen atoms in total. The lowest BCUT2D eigenvalue weighted by molar-refractivity contribution is 0.102. The van der Waals surface area contributed by atoms with Crippen molar-refractivity contribution in [1.29, 1.82) is 0 Å². The van der Waals surface area contributed by atoms with E-state index in [9.17, 15) is 4.79 Å². The average Bonchev–Trinajstić information content (AvgIpc) is 3.13. The Hall–Kier alpha value is -3.61. The Balaban J connectivity index is 1.45. The Kier molecular flexibility index (Phi) is 4.33. The van der Waals surface area contributed by atoms with Gasteiger partial charge in [-0.05, 0) is 55.3 Å². The van der Waals surface area contributed by atoms with Gasteiger partial charge in [-0.2, -0.15) is 0 Å². The van der Waals surface area contributed by atoms with Crippen LogP contribution in [0.2, 0.25) is 0 Å². The highest BCUT2D eigenvalue weighted by atomic mass is 16.7. The van der Waals surface area contributed by atoms with Crippen molar-refractivity contribution in [1.82, 2.24) is 10.2 Å². The number of ether oxygens (including phenoxy) is 2. The molecule has 3 aromatic rings. The summed E-state index contributed by atoms with van der Waals surface area (Å²) in [6.45, 7) is 4.23. The molecule has 0 bridgehead atoms. The lowest BCUT2D eigenvalue weighted by atomic mass is 10.1. The third-order valence-electron chi connectivity index (χ3n) is 4.18. The molecule has 2 heterocycles. The van der Waals surface area contributed by atoms with E-state index < -0.39 is 0 Å². The standard InChI is InChI=1S/C20H18N4O3/c1-12-3-4-13(2)16(9-12)22-19-8-6-15(23-24-19)20(25)21-14-5-7-17-18(10-14)27-11-26-17/h3-10H,11H2,1-2H3,(H,21,25)(H,22,24). The van der Waals surface area contributed by atoms with Crippen molar-refractivity contribution in [2.24, 2.45) is 0 Å². The summed E-state index contributed by atoms with van der Waals surface area (Å²) in [6.07, 6.45) is 0. The van der Waals surface area contributed by atoms with Gasteiger partial charge in [-0.3, -0.25) is 4.79 Å². The third-order valence-corrected chi connectivity index (χ3v) is 4.18. The zero-order valence-corrected chi connectivity index (χ0v) is 14.9. The second-order valence-corrected chi connectivity index (χ2v) is 6.27. The highest BCUT2D eigenvalue weighted by Crippen LogP contribution is 2.34. The van der Waals surface area contributed by atoms with E-state index >= 15 is 0 Å². The van der Waals surface area contributed by atoms with Gasteiger partial charge in [-0.15, -0.1) is 10.2 Å². The van der Waals surface area contributed by atoms with Gasteiger partial charge in [0, 0.05) is 17.4 Å². The first-order chi connectivity index (χ1) is 13.1. The molecule has 1 amide bonds. The SMILES string of the molecule is Cc1ccc(C)c(Nc2ccc(C(=O)Nc3ccc4c(c3)OCO4)nn2)c1. The van der Waals surface area contributed by atoms with Gasteiger partial charge in [-0.1, -0.05) is 12.1 Å². The molecule has 2 aromatic carbocycles. The molecule has 1 aliphatic heterocycles. The van der Waals surface area contributed by atoms with Crippen LogP contribution in [0.4, 0.5) is 17.2 Å². The Bertz CT molecular complexity index is 1000. The fourth-order valence-electron chi connectivity index (χ4n) is 2.70. The molecule has 1 aromatic heterocycles. The van der Waals surface area contributed by atoms with Crippen molar-refractivity contribution in [3.05, 3.63) is 65.4 Å². The summed E-state index contributed by atoms with van der Waals surface area (Å²) in [6, 6.07) is 14.7. The number of anilines is 3. The minimum absolute atomic E-state index is 0.188. The number of amides is 1. The van der Waals surface area contributed by atoms with Crippen LogP contribution in [0.15, 0.2) is 48.5 Å². The fraction of sp³-hybridized carbons (Fsp3) is 0.150. The molecule has 136 valence electrons. The maximum atomic E-state index is 12.4. The Labute approximate surface area is 156 Å². The Morgan fingerprint density at radius 3 is 2.63 bits per heavy atom. The summed E-state index contributed by atoms with van der Waals surface area (Å²) in [7, 11) is 0. The second kappa shape index (κ2) is 6.95. The van der Waals surface area contributed by atoms with Gasteiger partial charge in [0.2, 0.25) is 6.79 Å². The van der Waals surface area contributed by atoms with E-state index in [0.29, 0.717) is 23.0 Å². The maximum absolute atomic E-state index is 12.4. The van der Waals surface area contributed by atoms with Crippen molar-refractivity contribution < 1.29 is 14.3 Å². The molecule has 0 fully saturated rings. The summed E-state index contributed by atoms with van der Waals surface area (Å²) < 4.78 is 10.6. The van der Waals surface area contributed by atoms with Crippen molar-refractivity contribution >= 4 is 23.1 Å². The molecule has 27 heavy (non-hydrogen) atoms. The van der Waals surface area contributed by atoms with Crippen molar-refractivity contribution in [2.75, 3.05) is 17.4 Å². The van der Waals surface area contributed by atoms with Crippen molar-refractivity contribution in [3.63, 3.8) is 0 Å². The molecule has 2 N–H and O–H groups in total. The van der Waals surface area contributed by atoms with E-state index in [4.69, 9.17) is 9.47 Å². The second-order valence-electron chi connectivity index (χ2n) is 6.27. The molecule has 0 spiro atoms. The molecule has 7 heteroatoms. The minimum atomic E-state index is -0.348. The van der Waals surface area contributed by atoms with Gasteiger partial charge in [0.05, 0.1) is 0 Å². The average molecular weight is 362 g/mol. The van der Waals surface area contributed by atoms with Crippen LogP contribution in [0.25, 0.3) is 0 Å². The molecule has 0 aliphatic carbocycles. The van der Waals surface area contributed by atoms with Crippen LogP contribution in [0.3, 0.4) is 0 Å². The summed E-state index contributed by atoms with van der Waals surface area (Å²) in [5.74, 6) is 1.49. The topological polar surface area (TPSA) is 85.4 Å². The molecule has 4 rings (SSSR count). The summed E-state index contributed by atoms with van der Waals surface area (Å²) >= 11 is 0. The van der Waals surface area contributed by atoms with E-state index in [0.717, 1.165) is 16.8 Å². The number of aryl methyl sites for hydroxylation is 2. The number of carbonyl (C=O) groups is 1. The first-order valence-corrected chi connectivity index (χ1v) is 8.47. The summed E-state index contributed by atoms with van der Waals surface area (Å²) in [5, 5.41) is 14.1. The van der Waals surface area contributed by atoms with E-state index in [2.05, 4.69) is 26.9 Å². The smallest absolute Gasteiger partial charge is 0.276 e. The quantitative estimate of drug-likeness (QED) is 0.734. The van der Waals surface area contributed by atoms with Gasteiger partial charge in [0.25, 0.3) is 5.91 Å². The number of carbonyl (C=O) groups excluding carboxylic acids is 1. The van der Waals surface area contributed by atoms with Crippen LogP contribution in [-0.4, -0.2) is 22.9 Å².